The highest BCUT2D eigenvalue weighted by atomic mass is 32.2. The van der Waals surface area contributed by atoms with E-state index in [1.807, 2.05) is 47.3 Å². The molecule has 1 saturated carbocycles. The Morgan fingerprint density at radius 1 is 1.19 bits per heavy atom. The standard InChI is InChI=1S/C23H26N4O3S2/c1-27-20(16-11-7-4-8-12-16)25-26-23(27)32-14-18(28)24-21-19(22(29)30-2)17(13-31-21)15-9-5-3-6-10-15/h3,5-6,9-10,13,16H,4,7-8,11-12,14H2,1-2H3,(H,24,28). The summed E-state index contributed by atoms with van der Waals surface area (Å²) < 4.78 is 6.98. The van der Waals surface area contributed by atoms with Crippen LogP contribution in [0.25, 0.3) is 11.1 Å². The second kappa shape index (κ2) is 10.3. The zero-order valence-corrected chi connectivity index (χ0v) is 19.8. The van der Waals surface area contributed by atoms with Crippen LogP contribution in [-0.2, 0) is 16.6 Å². The van der Waals surface area contributed by atoms with Gasteiger partial charge in [-0.1, -0.05) is 61.4 Å². The van der Waals surface area contributed by atoms with E-state index >= 15 is 0 Å². The second-order valence-electron chi connectivity index (χ2n) is 7.78. The Morgan fingerprint density at radius 2 is 1.94 bits per heavy atom. The lowest BCUT2D eigenvalue weighted by Crippen LogP contribution is -2.16. The number of thioether (sulfide) groups is 1. The predicted octanol–water partition coefficient (Wildman–Crippen LogP) is 5.11. The Morgan fingerprint density at radius 3 is 2.66 bits per heavy atom. The first-order valence-electron chi connectivity index (χ1n) is 10.7. The van der Waals surface area contributed by atoms with Crippen LogP contribution >= 0.6 is 23.1 Å². The summed E-state index contributed by atoms with van der Waals surface area (Å²) in [4.78, 5) is 25.1. The summed E-state index contributed by atoms with van der Waals surface area (Å²) in [5.74, 6) is 0.957. The van der Waals surface area contributed by atoms with Crippen LogP contribution in [0.1, 0.15) is 54.2 Å². The van der Waals surface area contributed by atoms with E-state index < -0.39 is 5.97 Å². The normalized spacial score (nSPS) is 14.3. The van der Waals surface area contributed by atoms with Gasteiger partial charge in [0.25, 0.3) is 0 Å². The minimum Gasteiger partial charge on any atom is -0.465 e. The number of nitrogens with one attached hydrogen (secondary N) is 1. The zero-order chi connectivity index (χ0) is 22.5. The van der Waals surface area contributed by atoms with E-state index in [1.165, 1.54) is 49.5 Å². The van der Waals surface area contributed by atoms with Crippen molar-refractivity contribution in [3.8, 4) is 11.1 Å². The monoisotopic (exact) mass is 470 g/mol. The molecule has 4 rings (SSSR count). The third kappa shape index (κ3) is 4.88. The fraction of sp³-hybridized carbons (Fsp3) is 0.391. The maximum Gasteiger partial charge on any atom is 0.341 e. The number of amides is 1. The number of esters is 1. The molecule has 2 heterocycles. The SMILES string of the molecule is COC(=O)c1c(-c2ccccc2)csc1NC(=O)CSc1nnc(C2CCCCC2)n1C. The van der Waals surface area contributed by atoms with E-state index in [0.29, 0.717) is 16.5 Å². The van der Waals surface area contributed by atoms with Crippen LogP contribution in [-0.4, -0.2) is 39.5 Å². The van der Waals surface area contributed by atoms with Crippen molar-refractivity contribution in [1.29, 1.82) is 0 Å². The summed E-state index contributed by atoms with van der Waals surface area (Å²) in [6, 6.07) is 9.58. The number of hydrogen-bond donors (Lipinski definition) is 1. The number of anilines is 1. The number of rotatable bonds is 7. The summed E-state index contributed by atoms with van der Waals surface area (Å²) in [6.45, 7) is 0. The molecule has 1 fully saturated rings. The van der Waals surface area contributed by atoms with Gasteiger partial charge in [-0.2, -0.15) is 0 Å². The van der Waals surface area contributed by atoms with Gasteiger partial charge < -0.3 is 14.6 Å². The molecule has 7 nitrogen and oxygen atoms in total. The van der Waals surface area contributed by atoms with Crippen molar-refractivity contribution in [3.63, 3.8) is 0 Å². The number of methoxy groups -OCH3 is 1. The smallest absolute Gasteiger partial charge is 0.341 e. The maximum atomic E-state index is 12.7. The Kier molecular flexibility index (Phi) is 7.26. The summed E-state index contributed by atoms with van der Waals surface area (Å²) in [5.41, 5.74) is 2.02. The molecule has 0 aliphatic heterocycles. The van der Waals surface area contributed by atoms with Crippen LogP contribution in [0.4, 0.5) is 5.00 Å². The van der Waals surface area contributed by atoms with Gasteiger partial charge in [0.05, 0.1) is 12.9 Å². The van der Waals surface area contributed by atoms with E-state index in [1.54, 1.807) is 0 Å². The van der Waals surface area contributed by atoms with Crippen molar-refractivity contribution < 1.29 is 14.3 Å². The first kappa shape index (κ1) is 22.5. The molecule has 0 spiro atoms. The van der Waals surface area contributed by atoms with Crippen molar-refractivity contribution in [1.82, 2.24) is 14.8 Å². The van der Waals surface area contributed by atoms with Crippen molar-refractivity contribution in [3.05, 3.63) is 47.1 Å². The van der Waals surface area contributed by atoms with Gasteiger partial charge in [-0.3, -0.25) is 4.79 Å². The average Bonchev–Trinajstić information content (AvgIpc) is 3.41. The van der Waals surface area contributed by atoms with Crippen LogP contribution in [0.3, 0.4) is 0 Å². The number of ether oxygens (including phenoxy) is 1. The van der Waals surface area contributed by atoms with Crippen LogP contribution in [0, 0.1) is 0 Å². The van der Waals surface area contributed by atoms with Crippen molar-refractivity contribution >= 4 is 40.0 Å². The molecule has 0 unspecified atom stereocenters. The van der Waals surface area contributed by atoms with E-state index in [9.17, 15) is 9.59 Å². The van der Waals surface area contributed by atoms with Gasteiger partial charge in [-0.25, -0.2) is 4.79 Å². The zero-order valence-electron chi connectivity index (χ0n) is 18.2. The summed E-state index contributed by atoms with van der Waals surface area (Å²) in [5, 5.41) is 14.6. The van der Waals surface area contributed by atoms with Crippen molar-refractivity contribution in [2.45, 2.75) is 43.2 Å². The minimum atomic E-state index is -0.474. The van der Waals surface area contributed by atoms with Crippen molar-refractivity contribution in [2.24, 2.45) is 7.05 Å². The molecule has 1 N–H and O–H groups in total. The lowest BCUT2D eigenvalue weighted by molar-refractivity contribution is -0.113. The van der Waals surface area contributed by atoms with Gasteiger partial charge in [0.1, 0.15) is 16.4 Å². The number of carbonyl (C=O) groups excluding carboxylic acids is 2. The number of carbonyl (C=O) groups is 2. The third-order valence-corrected chi connectivity index (χ3v) is 7.61. The first-order valence-corrected chi connectivity index (χ1v) is 12.5. The van der Waals surface area contributed by atoms with Gasteiger partial charge in [-0.15, -0.1) is 21.5 Å². The Bertz CT molecular complexity index is 1090. The summed E-state index contributed by atoms with van der Waals surface area (Å²) in [7, 11) is 3.30. The van der Waals surface area contributed by atoms with Crippen LogP contribution in [0.15, 0.2) is 40.9 Å². The molecule has 0 radical (unpaired) electrons. The van der Waals surface area contributed by atoms with E-state index in [0.717, 1.165) is 34.9 Å². The molecule has 0 bridgehead atoms. The highest BCUT2D eigenvalue weighted by Gasteiger charge is 2.24. The highest BCUT2D eigenvalue weighted by molar-refractivity contribution is 7.99. The first-order chi connectivity index (χ1) is 15.6. The molecule has 1 aliphatic carbocycles. The Balaban J connectivity index is 1.44. The quantitative estimate of drug-likeness (QED) is 0.381. The molecule has 3 aromatic rings. The van der Waals surface area contributed by atoms with E-state index in [4.69, 9.17) is 4.74 Å². The van der Waals surface area contributed by atoms with Gasteiger partial charge in [0.2, 0.25) is 5.91 Å². The molecule has 9 heteroatoms. The van der Waals surface area contributed by atoms with Gasteiger partial charge in [-0.05, 0) is 18.4 Å². The molecule has 0 saturated heterocycles. The molecular formula is C23H26N4O3S2. The van der Waals surface area contributed by atoms with Gasteiger partial charge >= 0.3 is 5.97 Å². The minimum absolute atomic E-state index is 0.176. The second-order valence-corrected chi connectivity index (χ2v) is 9.60. The molecule has 0 atom stereocenters. The number of aromatic nitrogens is 3. The third-order valence-electron chi connectivity index (χ3n) is 5.69. The van der Waals surface area contributed by atoms with Crippen molar-refractivity contribution in [2.75, 3.05) is 18.2 Å². The van der Waals surface area contributed by atoms with Crippen LogP contribution in [0.5, 0.6) is 0 Å². The van der Waals surface area contributed by atoms with E-state index in [-0.39, 0.29) is 11.7 Å². The average molecular weight is 471 g/mol. The molecule has 168 valence electrons. The Hall–Kier alpha value is -2.65. The number of benzene rings is 1. The molecule has 1 amide bonds. The Labute approximate surface area is 195 Å². The fourth-order valence-electron chi connectivity index (χ4n) is 4.05. The summed E-state index contributed by atoms with van der Waals surface area (Å²) in [6.07, 6.45) is 6.05. The molecule has 1 aromatic carbocycles. The van der Waals surface area contributed by atoms with Crippen LogP contribution < -0.4 is 5.32 Å². The number of thiophene rings is 1. The van der Waals surface area contributed by atoms with Gasteiger partial charge in [0, 0.05) is 23.9 Å². The van der Waals surface area contributed by atoms with Gasteiger partial charge in [0.15, 0.2) is 5.16 Å². The lowest BCUT2D eigenvalue weighted by atomic mass is 9.89. The summed E-state index contributed by atoms with van der Waals surface area (Å²) >= 11 is 2.66. The molecular weight excluding hydrogens is 444 g/mol. The maximum absolute atomic E-state index is 12.7. The molecule has 2 aromatic heterocycles. The molecule has 32 heavy (non-hydrogen) atoms. The number of nitrogens with zero attached hydrogens (tertiary/aromatic N) is 3. The highest BCUT2D eigenvalue weighted by Crippen LogP contribution is 2.36. The lowest BCUT2D eigenvalue weighted by Gasteiger charge is -2.20. The predicted molar refractivity (Wildman–Crippen MR) is 127 cm³/mol. The molecule has 1 aliphatic rings. The van der Waals surface area contributed by atoms with E-state index in [2.05, 4.69) is 15.5 Å². The largest absolute Gasteiger partial charge is 0.465 e. The number of hydrogen-bond acceptors (Lipinski definition) is 7. The fourth-order valence-corrected chi connectivity index (χ4v) is 5.74. The topological polar surface area (TPSA) is 86.1 Å². The van der Waals surface area contributed by atoms with Crippen LogP contribution in [0.2, 0.25) is 0 Å².